The Kier molecular flexibility index (Phi) is 4.74. The van der Waals surface area contributed by atoms with Crippen molar-refractivity contribution >= 4 is 15.9 Å². The van der Waals surface area contributed by atoms with E-state index in [0.717, 1.165) is 0 Å². The maximum Gasteiger partial charge on any atom is 0.161 e. The van der Waals surface area contributed by atoms with Crippen molar-refractivity contribution in [2.45, 2.75) is 19.5 Å². The summed E-state index contributed by atoms with van der Waals surface area (Å²) in [6, 6.07) is 4.30. The molecule has 1 aromatic heterocycles. The summed E-state index contributed by atoms with van der Waals surface area (Å²) in [5.41, 5.74) is 3.76. The zero-order chi connectivity index (χ0) is 14.7. The van der Waals surface area contributed by atoms with Gasteiger partial charge in [-0.05, 0) is 19.1 Å². The molecule has 0 aliphatic rings. The number of hydrogen-bond acceptors (Lipinski definition) is 4. The molecule has 5 nitrogen and oxygen atoms in total. The molecule has 2 aromatic rings. The highest BCUT2D eigenvalue weighted by Crippen LogP contribution is 2.31. The van der Waals surface area contributed by atoms with Crippen LogP contribution in [-0.2, 0) is 6.54 Å². The molecule has 0 bridgehead atoms. The Morgan fingerprint density at radius 3 is 2.85 bits per heavy atom. The lowest BCUT2D eigenvalue weighted by Gasteiger charge is -2.19. The molecule has 1 atom stereocenters. The molecule has 0 spiro atoms. The molecule has 0 amide bonds. The van der Waals surface area contributed by atoms with Crippen molar-refractivity contribution in [3.05, 3.63) is 45.9 Å². The lowest BCUT2D eigenvalue weighted by molar-refractivity contribution is 0.398. The van der Waals surface area contributed by atoms with Crippen LogP contribution in [0.5, 0.6) is 5.75 Å². The predicted molar refractivity (Wildman–Crippen MR) is 77.7 cm³/mol. The average molecular weight is 343 g/mol. The first kappa shape index (κ1) is 15.0. The van der Waals surface area contributed by atoms with Gasteiger partial charge in [0.15, 0.2) is 5.75 Å². The highest BCUT2D eigenvalue weighted by atomic mass is 79.9. The van der Waals surface area contributed by atoms with Crippen LogP contribution < -0.4 is 16.0 Å². The molecule has 0 aliphatic heterocycles. The Hall–Kier alpha value is -1.44. The van der Waals surface area contributed by atoms with Gasteiger partial charge >= 0.3 is 0 Å². The van der Waals surface area contributed by atoms with E-state index in [4.69, 9.17) is 10.6 Å². The van der Waals surface area contributed by atoms with Gasteiger partial charge in [-0.1, -0.05) is 22.0 Å². The number of hydrogen-bond donors (Lipinski definition) is 2. The van der Waals surface area contributed by atoms with Crippen LogP contribution in [-0.4, -0.2) is 16.9 Å². The molecular weight excluding hydrogens is 327 g/mol. The van der Waals surface area contributed by atoms with Crippen LogP contribution in [0.2, 0.25) is 0 Å². The monoisotopic (exact) mass is 342 g/mol. The molecule has 108 valence electrons. The maximum absolute atomic E-state index is 14.2. The number of benzene rings is 1. The van der Waals surface area contributed by atoms with E-state index in [2.05, 4.69) is 26.5 Å². The number of nitrogens with zero attached hydrogens (tertiary/aromatic N) is 2. The number of nitrogens with two attached hydrogens (primary N) is 1. The van der Waals surface area contributed by atoms with Gasteiger partial charge in [0.05, 0.1) is 19.3 Å². The molecule has 0 fully saturated rings. The molecule has 1 aromatic carbocycles. The Labute approximate surface area is 125 Å². The van der Waals surface area contributed by atoms with Gasteiger partial charge < -0.3 is 4.74 Å². The Morgan fingerprint density at radius 2 is 2.30 bits per heavy atom. The minimum atomic E-state index is -0.541. The van der Waals surface area contributed by atoms with Crippen molar-refractivity contribution in [2.24, 2.45) is 5.84 Å². The highest BCUT2D eigenvalue weighted by Gasteiger charge is 2.24. The average Bonchev–Trinajstić information content (AvgIpc) is 2.85. The smallest absolute Gasteiger partial charge is 0.161 e. The number of aromatic nitrogens is 2. The van der Waals surface area contributed by atoms with Gasteiger partial charge in [-0.25, -0.2) is 9.82 Å². The molecule has 1 heterocycles. The minimum Gasteiger partial charge on any atom is -0.493 e. The first-order valence-electron chi connectivity index (χ1n) is 6.13. The Morgan fingerprint density at radius 1 is 1.55 bits per heavy atom. The molecule has 1 unspecified atom stereocenters. The molecule has 0 saturated heterocycles. The van der Waals surface area contributed by atoms with Gasteiger partial charge in [-0.15, -0.1) is 0 Å². The lowest BCUT2D eigenvalue weighted by atomic mass is 10.0. The van der Waals surface area contributed by atoms with E-state index in [-0.39, 0.29) is 5.82 Å². The van der Waals surface area contributed by atoms with Crippen LogP contribution in [0.25, 0.3) is 0 Å². The number of nitrogens with one attached hydrogen (secondary N) is 1. The van der Waals surface area contributed by atoms with Crippen molar-refractivity contribution in [2.75, 3.05) is 7.11 Å². The van der Waals surface area contributed by atoms with Crippen LogP contribution in [0.1, 0.15) is 24.2 Å². The van der Waals surface area contributed by atoms with E-state index in [9.17, 15) is 4.39 Å². The summed E-state index contributed by atoms with van der Waals surface area (Å²) in [4.78, 5) is 0. The van der Waals surface area contributed by atoms with E-state index >= 15 is 0 Å². The van der Waals surface area contributed by atoms with Crippen LogP contribution in [0.3, 0.4) is 0 Å². The third kappa shape index (κ3) is 2.70. The van der Waals surface area contributed by atoms with Crippen molar-refractivity contribution in [3.8, 4) is 5.75 Å². The quantitative estimate of drug-likeness (QED) is 0.646. The zero-order valence-electron chi connectivity index (χ0n) is 11.2. The van der Waals surface area contributed by atoms with Gasteiger partial charge in [-0.2, -0.15) is 5.10 Å². The van der Waals surface area contributed by atoms with Crippen LogP contribution in [0, 0.1) is 5.82 Å². The molecule has 0 radical (unpaired) electrons. The highest BCUT2D eigenvalue weighted by molar-refractivity contribution is 9.10. The number of hydrazine groups is 1. The summed E-state index contributed by atoms with van der Waals surface area (Å²) in [6.45, 7) is 2.58. The summed E-state index contributed by atoms with van der Waals surface area (Å²) in [6.07, 6.45) is 1.60. The summed E-state index contributed by atoms with van der Waals surface area (Å²) >= 11 is 3.24. The van der Waals surface area contributed by atoms with Gasteiger partial charge in [-0.3, -0.25) is 10.5 Å². The van der Waals surface area contributed by atoms with Crippen LogP contribution in [0.15, 0.2) is 28.9 Å². The lowest BCUT2D eigenvalue weighted by Crippen LogP contribution is -2.31. The third-order valence-corrected chi connectivity index (χ3v) is 3.57. The zero-order valence-corrected chi connectivity index (χ0v) is 12.8. The fraction of sp³-hybridized carbons (Fsp3) is 0.308. The maximum atomic E-state index is 14.2. The molecule has 0 aliphatic carbocycles. The van der Waals surface area contributed by atoms with Crippen molar-refractivity contribution in [1.82, 2.24) is 15.2 Å². The topological polar surface area (TPSA) is 65.1 Å². The molecular formula is C13H16BrFN4O. The standard InChI is InChI=1S/C13H16BrFN4O/c1-3-19-13(11(20-2)7-17-19)12(18-16)9-5-4-8(14)6-10(9)15/h4-7,12,18H,3,16H2,1-2H3. The second-order valence-corrected chi connectivity index (χ2v) is 5.10. The van der Waals surface area contributed by atoms with E-state index in [1.807, 2.05) is 6.92 Å². The summed E-state index contributed by atoms with van der Waals surface area (Å²) in [5, 5.41) is 4.21. The molecule has 3 N–H and O–H groups in total. The Balaban J connectivity index is 2.54. The number of methoxy groups -OCH3 is 1. The molecule has 20 heavy (non-hydrogen) atoms. The summed E-state index contributed by atoms with van der Waals surface area (Å²) in [5.74, 6) is 5.84. The van der Waals surface area contributed by atoms with E-state index in [1.54, 1.807) is 30.1 Å². The molecule has 7 heteroatoms. The van der Waals surface area contributed by atoms with Gasteiger partial charge in [0.1, 0.15) is 11.5 Å². The summed E-state index contributed by atoms with van der Waals surface area (Å²) in [7, 11) is 1.55. The Bertz CT molecular complexity index is 581. The number of rotatable bonds is 5. The van der Waals surface area contributed by atoms with Crippen LogP contribution >= 0.6 is 15.9 Å². The SMILES string of the molecule is CCn1ncc(OC)c1C(NN)c1ccc(Br)cc1F. The summed E-state index contributed by atoms with van der Waals surface area (Å²) < 4.78 is 21.8. The predicted octanol–water partition coefficient (Wildman–Crippen LogP) is 2.37. The van der Waals surface area contributed by atoms with Crippen molar-refractivity contribution in [1.29, 1.82) is 0 Å². The third-order valence-electron chi connectivity index (χ3n) is 3.08. The first-order valence-corrected chi connectivity index (χ1v) is 6.92. The fourth-order valence-corrected chi connectivity index (χ4v) is 2.46. The van der Waals surface area contributed by atoms with Gasteiger partial charge in [0.2, 0.25) is 0 Å². The number of ether oxygens (including phenoxy) is 1. The normalized spacial score (nSPS) is 12.4. The van der Waals surface area contributed by atoms with E-state index < -0.39 is 6.04 Å². The molecule has 2 rings (SSSR count). The minimum absolute atomic E-state index is 0.353. The van der Waals surface area contributed by atoms with Crippen molar-refractivity contribution in [3.63, 3.8) is 0 Å². The second kappa shape index (κ2) is 6.34. The van der Waals surface area contributed by atoms with E-state index in [1.165, 1.54) is 6.07 Å². The largest absolute Gasteiger partial charge is 0.493 e. The number of aryl methyl sites for hydroxylation is 1. The van der Waals surface area contributed by atoms with Gasteiger partial charge in [0.25, 0.3) is 0 Å². The number of halogens is 2. The van der Waals surface area contributed by atoms with E-state index in [0.29, 0.717) is 28.0 Å². The fourth-order valence-electron chi connectivity index (χ4n) is 2.13. The molecule has 0 saturated carbocycles. The van der Waals surface area contributed by atoms with Crippen molar-refractivity contribution < 1.29 is 9.13 Å². The van der Waals surface area contributed by atoms with Crippen LogP contribution in [0.4, 0.5) is 4.39 Å². The second-order valence-electron chi connectivity index (χ2n) is 4.18. The first-order chi connectivity index (χ1) is 9.62. The van der Waals surface area contributed by atoms with Gasteiger partial charge in [0, 0.05) is 16.6 Å².